The Bertz CT molecular complexity index is 354. The van der Waals surface area contributed by atoms with Gasteiger partial charge in [0.2, 0.25) is 0 Å². The molecule has 0 aliphatic rings. The number of halogens is 2. The highest BCUT2D eigenvalue weighted by Gasteiger charge is 2.07. The van der Waals surface area contributed by atoms with E-state index in [0.717, 1.165) is 0 Å². The summed E-state index contributed by atoms with van der Waals surface area (Å²) < 4.78 is 14.0. The highest BCUT2D eigenvalue weighted by molar-refractivity contribution is 9.10. The molecule has 0 bridgehead atoms. The van der Waals surface area contributed by atoms with Crippen LogP contribution >= 0.6 is 15.9 Å². The molecule has 2 nitrogen and oxygen atoms in total. The average molecular weight is 274 g/mol. The van der Waals surface area contributed by atoms with Crippen LogP contribution in [0.3, 0.4) is 0 Å². The first-order chi connectivity index (χ1) is 7.13. The molecule has 0 amide bonds. The van der Waals surface area contributed by atoms with Gasteiger partial charge >= 0.3 is 0 Å². The van der Waals surface area contributed by atoms with Crippen molar-refractivity contribution in [2.45, 2.75) is 12.8 Å². The topological polar surface area (TPSA) is 29.1 Å². The maximum atomic E-state index is 13.3. The number of rotatable bonds is 5. The summed E-state index contributed by atoms with van der Waals surface area (Å²) in [5.74, 6) is -0.284. The van der Waals surface area contributed by atoms with Crippen molar-refractivity contribution in [1.82, 2.24) is 5.32 Å². The largest absolute Gasteiger partial charge is 0.319 e. The van der Waals surface area contributed by atoms with Crippen molar-refractivity contribution >= 4 is 21.7 Å². The van der Waals surface area contributed by atoms with E-state index >= 15 is 0 Å². The van der Waals surface area contributed by atoms with Crippen LogP contribution in [0.5, 0.6) is 0 Å². The predicted molar refractivity (Wildman–Crippen MR) is 61.4 cm³/mol. The summed E-state index contributed by atoms with van der Waals surface area (Å²) in [6.45, 7) is 0.636. The minimum absolute atomic E-state index is 0.0468. The number of hydrogen-bond donors (Lipinski definition) is 1. The number of ketones is 1. The van der Waals surface area contributed by atoms with Crippen LogP contribution in [0.1, 0.15) is 12.0 Å². The third-order valence-corrected chi connectivity index (χ3v) is 2.55. The van der Waals surface area contributed by atoms with Crippen LogP contribution in [-0.4, -0.2) is 19.4 Å². The molecule has 0 heterocycles. The van der Waals surface area contributed by atoms with Crippen LogP contribution in [0.25, 0.3) is 0 Å². The fourth-order valence-electron chi connectivity index (χ4n) is 1.23. The molecule has 0 saturated heterocycles. The van der Waals surface area contributed by atoms with E-state index in [1.165, 1.54) is 6.07 Å². The van der Waals surface area contributed by atoms with Crippen LogP contribution in [0.2, 0.25) is 0 Å². The van der Waals surface area contributed by atoms with Gasteiger partial charge in [0.25, 0.3) is 0 Å². The summed E-state index contributed by atoms with van der Waals surface area (Å²) in [6.07, 6.45) is 0.604. The van der Waals surface area contributed by atoms with E-state index in [1.54, 1.807) is 19.2 Å². The molecule has 0 atom stereocenters. The molecule has 0 aliphatic heterocycles. The maximum absolute atomic E-state index is 13.3. The van der Waals surface area contributed by atoms with Gasteiger partial charge in [-0.1, -0.05) is 22.0 Å². The molecular formula is C11H13BrFNO. The number of hydrogen-bond acceptors (Lipinski definition) is 2. The molecule has 0 aromatic heterocycles. The molecule has 1 rings (SSSR count). The van der Waals surface area contributed by atoms with Gasteiger partial charge in [-0.05, 0) is 24.7 Å². The molecule has 0 fully saturated rings. The predicted octanol–water partition coefficient (Wildman–Crippen LogP) is 2.31. The lowest BCUT2D eigenvalue weighted by atomic mass is 10.1. The monoisotopic (exact) mass is 273 g/mol. The van der Waals surface area contributed by atoms with Crippen molar-refractivity contribution in [2.24, 2.45) is 0 Å². The highest BCUT2D eigenvalue weighted by atomic mass is 79.9. The van der Waals surface area contributed by atoms with E-state index in [2.05, 4.69) is 21.2 Å². The van der Waals surface area contributed by atoms with E-state index in [9.17, 15) is 9.18 Å². The molecule has 82 valence electrons. The molecule has 1 N–H and O–H groups in total. The van der Waals surface area contributed by atoms with Gasteiger partial charge in [-0.2, -0.15) is 0 Å². The molecule has 0 radical (unpaired) electrons. The normalized spacial score (nSPS) is 10.3. The second kappa shape index (κ2) is 5.98. The van der Waals surface area contributed by atoms with E-state index in [1.807, 2.05) is 0 Å². The quantitative estimate of drug-likeness (QED) is 0.892. The van der Waals surface area contributed by atoms with Crippen molar-refractivity contribution in [3.05, 3.63) is 34.1 Å². The molecule has 1 aromatic rings. The maximum Gasteiger partial charge on any atom is 0.138 e. The number of benzene rings is 1. The van der Waals surface area contributed by atoms with Crippen molar-refractivity contribution in [3.63, 3.8) is 0 Å². The van der Waals surface area contributed by atoms with Gasteiger partial charge in [-0.15, -0.1) is 0 Å². The lowest BCUT2D eigenvalue weighted by molar-refractivity contribution is -0.118. The lowest BCUT2D eigenvalue weighted by Crippen LogP contribution is -2.14. The molecule has 0 saturated carbocycles. The van der Waals surface area contributed by atoms with Crippen molar-refractivity contribution < 1.29 is 9.18 Å². The number of Topliss-reactive ketones (excluding diaryl/α,β-unsaturated/α-hetero) is 1. The molecule has 1 aromatic carbocycles. The van der Waals surface area contributed by atoms with Crippen LogP contribution < -0.4 is 5.32 Å². The Hall–Kier alpha value is -0.740. The first-order valence-corrected chi connectivity index (χ1v) is 5.53. The van der Waals surface area contributed by atoms with Crippen molar-refractivity contribution in [2.75, 3.05) is 13.6 Å². The zero-order valence-electron chi connectivity index (χ0n) is 8.52. The van der Waals surface area contributed by atoms with Gasteiger partial charge < -0.3 is 5.32 Å². The van der Waals surface area contributed by atoms with Gasteiger partial charge in [0.1, 0.15) is 11.6 Å². The fraction of sp³-hybridized carbons (Fsp3) is 0.364. The highest BCUT2D eigenvalue weighted by Crippen LogP contribution is 2.16. The molecular weight excluding hydrogens is 261 g/mol. The average Bonchev–Trinajstić information content (AvgIpc) is 2.19. The summed E-state index contributed by atoms with van der Waals surface area (Å²) in [4.78, 5) is 11.4. The van der Waals surface area contributed by atoms with Gasteiger partial charge in [-0.25, -0.2) is 4.39 Å². The van der Waals surface area contributed by atoms with Crippen molar-refractivity contribution in [1.29, 1.82) is 0 Å². The number of carbonyl (C=O) groups excluding carboxylic acids is 1. The zero-order valence-corrected chi connectivity index (χ0v) is 10.1. The number of nitrogens with one attached hydrogen (secondary N) is 1. The smallest absolute Gasteiger partial charge is 0.138 e. The van der Waals surface area contributed by atoms with E-state index < -0.39 is 0 Å². The second-order valence-corrected chi connectivity index (χ2v) is 4.22. The Morgan fingerprint density at radius 3 is 2.87 bits per heavy atom. The summed E-state index contributed by atoms with van der Waals surface area (Å²) >= 11 is 3.17. The molecule has 4 heteroatoms. The Labute approximate surface area is 97.0 Å². The second-order valence-electron chi connectivity index (χ2n) is 3.30. The van der Waals surface area contributed by atoms with Crippen LogP contribution in [-0.2, 0) is 11.2 Å². The van der Waals surface area contributed by atoms with Gasteiger partial charge in [0.15, 0.2) is 0 Å². The van der Waals surface area contributed by atoms with Crippen LogP contribution in [0.15, 0.2) is 22.7 Å². The Balaban J connectivity index is 2.60. The first-order valence-electron chi connectivity index (χ1n) is 4.73. The van der Waals surface area contributed by atoms with E-state index in [-0.39, 0.29) is 18.0 Å². The summed E-state index contributed by atoms with van der Waals surface area (Å²) in [5.41, 5.74) is 0.458. The molecule has 0 aliphatic carbocycles. The lowest BCUT2D eigenvalue weighted by Gasteiger charge is -2.03. The zero-order chi connectivity index (χ0) is 11.3. The van der Waals surface area contributed by atoms with Crippen molar-refractivity contribution in [3.8, 4) is 0 Å². The Morgan fingerprint density at radius 1 is 1.53 bits per heavy atom. The molecule has 15 heavy (non-hydrogen) atoms. The number of carbonyl (C=O) groups is 1. The minimum Gasteiger partial charge on any atom is -0.319 e. The van der Waals surface area contributed by atoms with Crippen LogP contribution in [0.4, 0.5) is 4.39 Å². The Morgan fingerprint density at radius 2 is 2.27 bits per heavy atom. The van der Waals surface area contributed by atoms with Crippen LogP contribution in [0, 0.1) is 5.82 Å². The minimum atomic E-state index is -0.331. The summed E-state index contributed by atoms with van der Waals surface area (Å²) in [5, 5.41) is 2.89. The fourth-order valence-corrected chi connectivity index (χ4v) is 1.56. The third kappa shape index (κ3) is 4.10. The third-order valence-electron chi connectivity index (χ3n) is 2.06. The van der Waals surface area contributed by atoms with Gasteiger partial charge in [0.05, 0.1) is 0 Å². The summed E-state index contributed by atoms with van der Waals surface area (Å²) in [6, 6.07) is 4.75. The van der Waals surface area contributed by atoms with Gasteiger partial charge in [0, 0.05) is 23.9 Å². The van der Waals surface area contributed by atoms with E-state index in [0.29, 0.717) is 23.0 Å². The summed E-state index contributed by atoms with van der Waals surface area (Å²) in [7, 11) is 1.79. The molecule has 0 unspecified atom stereocenters. The Kier molecular flexibility index (Phi) is 4.91. The SMILES string of the molecule is CNCCC(=O)Cc1ccc(Br)cc1F. The standard InChI is InChI=1S/C11H13BrFNO/c1-14-5-4-10(15)6-8-2-3-9(12)7-11(8)13/h2-3,7,14H,4-6H2,1H3. The van der Waals surface area contributed by atoms with Gasteiger partial charge in [-0.3, -0.25) is 4.79 Å². The molecule has 0 spiro atoms. The van der Waals surface area contributed by atoms with E-state index in [4.69, 9.17) is 0 Å². The first kappa shape index (κ1) is 12.3.